The van der Waals surface area contributed by atoms with Gasteiger partial charge in [0.1, 0.15) is 12.4 Å². The first-order chi connectivity index (χ1) is 9.63. The van der Waals surface area contributed by atoms with Crippen LogP contribution in [0.4, 0.5) is 0 Å². The zero-order chi connectivity index (χ0) is 14.1. The first-order valence-electron chi connectivity index (χ1n) is 6.30. The van der Waals surface area contributed by atoms with E-state index in [2.05, 4.69) is 4.98 Å². The average Bonchev–Trinajstić information content (AvgIpc) is 2.79. The van der Waals surface area contributed by atoms with Gasteiger partial charge in [-0.05, 0) is 31.5 Å². The number of thiazole rings is 1. The maximum atomic E-state index is 12.0. The predicted octanol–water partition coefficient (Wildman–Crippen LogP) is 2.95. The molecule has 2 aromatic heterocycles. The van der Waals surface area contributed by atoms with Crippen LogP contribution in [0.2, 0.25) is 0 Å². The predicted molar refractivity (Wildman–Crippen MR) is 79.6 cm³/mol. The lowest BCUT2D eigenvalue weighted by Gasteiger charge is -2.06. The van der Waals surface area contributed by atoms with E-state index in [4.69, 9.17) is 4.74 Å². The molecule has 0 saturated heterocycles. The van der Waals surface area contributed by atoms with Crippen molar-refractivity contribution in [3.05, 3.63) is 63.0 Å². The SMILES string of the molecule is Cc1cccc(OCc2cc(=O)n3c(C)csc3n2)c1. The molecule has 4 nitrogen and oxygen atoms in total. The van der Waals surface area contributed by atoms with Crippen molar-refractivity contribution in [3.8, 4) is 5.75 Å². The lowest BCUT2D eigenvalue weighted by Crippen LogP contribution is -2.15. The van der Waals surface area contributed by atoms with E-state index < -0.39 is 0 Å². The average molecular weight is 286 g/mol. The first-order valence-corrected chi connectivity index (χ1v) is 7.18. The Morgan fingerprint density at radius 2 is 2.15 bits per heavy atom. The Morgan fingerprint density at radius 1 is 1.30 bits per heavy atom. The Bertz CT molecular complexity index is 820. The van der Waals surface area contributed by atoms with Gasteiger partial charge in [0.2, 0.25) is 0 Å². The fourth-order valence-corrected chi connectivity index (χ4v) is 2.93. The summed E-state index contributed by atoms with van der Waals surface area (Å²) < 4.78 is 7.29. The number of rotatable bonds is 3. The Labute approximate surface area is 120 Å². The van der Waals surface area contributed by atoms with Crippen LogP contribution < -0.4 is 10.3 Å². The van der Waals surface area contributed by atoms with Crippen LogP contribution in [0, 0.1) is 13.8 Å². The van der Waals surface area contributed by atoms with Gasteiger partial charge >= 0.3 is 0 Å². The van der Waals surface area contributed by atoms with Gasteiger partial charge in [0.15, 0.2) is 4.96 Å². The maximum Gasteiger partial charge on any atom is 0.259 e. The van der Waals surface area contributed by atoms with Crippen molar-refractivity contribution in [1.82, 2.24) is 9.38 Å². The van der Waals surface area contributed by atoms with Gasteiger partial charge in [-0.2, -0.15) is 0 Å². The van der Waals surface area contributed by atoms with E-state index in [0.717, 1.165) is 17.0 Å². The summed E-state index contributed by atoms with van der Waals surface area (Å²) in [5, 5.41) is 1.93. The van der Waals surface area contributed by atoms with Crippen LogP contribution in [0.15, 0.2) is 40.5 Å². The van der Waals surface area contributed by atoms with Crippen molar-refractivity contribution in [2.24, 2.45) is 0 Å². The minimum Gasteiger partial charge on any atom is -0.487 e. The molecule has 0 aliphatic heterocycles. The van der Waals surface area contributed by atoms with Gasteiger partial charge in [-0.3, -0.25) is 9.20 Å². The minimum atomic E-state index is -0.0587. The second-order valence-electron chi connectivity index (χ2n) is 4.69. The summed E-state index contributed by atoms with van der Waals surface area (Å²) in [6.07, 6.45) is 0. The number of hydrogen-bond acceptors (Lipinski definition) is 4. The molecule has 0 saturated carbocycles. The fraction of sp³-hybridized carbons (Fsp3) is 0.200. The maximum absolute atomic E-state index is 12.0. The molecular weight excluding hydrogens is 272 g/mol. The summed E-state index contributed by atoms with van der Waals surface area (Å²) in [6, 6.07) is 9.34. The monoisotopic (exact) mass is 286 g/mol. The van der Waals surface area contributed by atoms with E-state index in [1.165, 1.54) is 17.4 Å². The molecule has 0 spiro atoms. The molecule has 5 heteroatoms. The summed E-state index contributed by atoms with van der Waals surface area (Å²) in [5.74, 6) is 0.786. The summed E-state index contributed by atoms with van der Waals surface area (Å²) in [5.41, 5.74) is 2.64. The Morgan fingerprint density at radius 3 is 2.95 bits per heavy atom. The molecule has 1 aromatic carbocycles. The van der Waals surface area contributed by atoms with Crippen molar-refractivity contribution in [1.29, 1.82) is 0 Å². The van der Waals surface area contributed by atoms with Crippen molar-refractivity contribution in [3.63, 3.8) is 0 Å². The van der Waals surface area contributed by atoms with Crippen LogP contribution in [-0.2, 0) is 6.61 Å². The highest BCUT2D eigenvalue weighted by Crippen LogP contribution is 2.15. The molecule has 0 amide bonds. The molecule has 0 radical (unpaired) electrons. The number of ether oxygens (including phenoxy) is 1. The normalized spacial score (nSPS) is 10.9. The Balaban J connectivity index is 1.86. The number of fused-ring (bicyclic) bond motifs is 1. The molecule has 0 atom stereocenters. The summed E-state index contributed by atoms with van der Waals surface area (Å²) in [6.45, 7) is 4.21. The van der Waals surface area contributed by atoms with Crippen LogP contribution in [0.5, 0.6) is 5.75 Å². The number of nitrogens with zero attached hydrogens (tertiary/aromatic N) is 2. The first kappa shape index (κ1) is 12.9. The van der Waals surface area contributed by atoms with Crippen LogP contribution >= 0.6 is 11.3 Å². The lowest BCUT2D eigenvalue weighted by molar-refractivity contribution is 0.301. The molecule has 0 fully saturated rings. The van der Waals surface area contributed by atoms with Crippen molar-refractivity contribution >= 4 is 16.3 Å². The molecule has 0 aliphatic carbocycles. The second-order valence-corrected chi connectivity index (χ2v) is 5.52. The molecule has 3 rings (SSSR count). The Hall–Kier alpha value is -2.14. The molecule has 0 aliphatic rings. The van der Waals surface area contributed by atoms with Gasteiger partial charge in [0.25, 0.3) is 5.56 Å². The standard InChI is InChI=1S/C15H14N2O2S/c1-10-4-3-5-13(6-10)19-8-12-7-14(18)17-11(2)9-20-15(17)16-12/h3-7,9H,8H2,1-2H3. The number of hydrogen-bond donors (Lipinski definition) is 0. The largest absolute Gasteiger partial charge is 0.487 e. The fourth-order valence-electron chi connectivity index (χ4n) is 2.04. The van der Waals surface area contributed by atoms with Gasteiger partial charge in [-0.15, -0.1) is 11.3 Å². The molecule has 102 valence electrons. The number of benzene rings is 1. The smallest absolute Gasteiger partial charge is 0.259 e. The molecule has 2 heterocycles. The lowest BCUT2D eigenvalue weighted by atomic mass is 10.2. The van der Waals surface area contributed by atoms with Gasteiger partial charge in [-0.25, -0.2) is 4.98 Å². The minimum absolute atomic E-state index is 0.0587. The van der Waals surface area contributed by atoms with Crippen molar-refractivity contribution < 1.29 is 4.74 Å². The topological polar surface area (TPSA) is 43.6 Å². The molecule has 20 heavy (non-hydrogen) atoms. The second kappa shape index (κ2) is 5.09. The molecule has 0 unspecified atom stereocenters. The van der Waals surface area contributed by atoms with Crippen LogP contribution in [0.3, 0.4) is 0 Å². The Kier molecular flexibility index (Phi) is 3.28. The van der Waals surface area contributed by atoms with Gasteiger partial charge in [0.05, 0.1) is 5.69 Å². The van der Waals surface area contributed by atoms with Crippen molar-refractivity contribution in [2.75, 3.05) is 0 Å². The molecule has 0 N–H and O–H groups in total. The van der Waals surface area contributed by atoms with Crippen molar-refractivity contribution in [2.45, 2.75) is 20.5 Å². The highest BCUT2D eigenvalue weighted by Gasteiger charge is 2.06. The zero-order valence-electron chi connectivity index (χ0n) is 11.3. The van der Waals surface area contributed by atoms with Crippen LogP contribution in [0.25, 0.3) is 4.96 Å². The van der Waals surface area contributed by atoms with Gasteiger partial charge in [0, 0.05) is 17.1 Å². The van der Waals surface area contributed by atoms with E-state index >= 15 is 0 Å². The number of aryl methyl sites for hydroxylation is 2. The van der Waals surface area contributed by atoms with E-state index in [1.807, 2.05) is 43.5 Å². The summed E-state index contributed by atoms with van der Waals surface area (Å²) in [7, 11) is 0. The number of aromatic nitrogens is 2. The highest BCUT2D eigenvalue weighted by molar-refractivity contribution is 7.15. The third-order valence-electron chi connectivity index (χ3n) is 3.00. The van der Waals surface area contributed by atoms with Gasteiger partial charge in [-0.1, -0.05) is 12.1 Å². The van der Waals surface area contributed by atoms with Crippen LogP contribution in [0.1, 0.15) is 17.0 Å². The molecular formula is C15H14N2O2S. The third kappa shape index (κ3) is 2.44. The molecule has 0 bridgehead atoms. The quantitative estimate of drug-likeness (QED) is 0.743. The summed E-state index contributed by atoms with van der Waals surface area (Å²) >= 11 is 1.46. The highest BCUT2D eigenvalue weighted by atomic mass is 32.1. The molecule has 3 aromatic rings. The van der Waals surface area contributed by atoms with E-state index in [-0.39, 0.29) is 5.56 Å². The zero-order valence-corrected chi connectivity index (χ0v) is 12.1. The van der Waals surface area contributed by atoms with Gasteiger partial charge < -0.3 is 4.74 Å². The van der Waals surface area contributed by atoms with E-state index in [0.29, 0.717) is 17.3 Å². The summed E-state index contributed by atoms with van der Waals surface area (Å²) in [4.78, 5) is 17.2. The van der Waals surface area contributed by atoms with E-state index in [9.17, 15) is 4.79 Å². The van der Waals surface area contributed by atoms with Crippen LogP contribution in [-0.4, -0.2) is 9.38 Å². The third-order valence-corrected chi connectivity index (χ3v) is 3.95. The van der Waals surface area contributed by atoms with E-state index in [1.54, 1.807) is 4.40 Å².